The van der Waals surface area contributed by atoms with Crippen molar-refractivity contribution in [3.05, 3.63) is 96.5 Å². The van der Waals surface area contributed by atoms with Gasteiger partial charge in [0.05, 0.1) is 15.6 Å². The molecule has 160 valence electrons. The molecule has 0 heterocycles. The molecule has 0 aromatic heterocycles. The lowest BCUT2D eigenvalue weighted by Crippen LogP contribution is -2.38. The van der Waals surface area contributed by atoms with Gasteiger partial charge >= 0.3 is 0 Å². The quantitative estimate of drug-likeness (QED) is 0.472. The first-order valence-corrected chi connectivity index (χ1v) is 11.2. The number of hydrogen-bond acceptors (Lipinski definition) is 4. The van der Waals surface area contributed by atoms with Crippen LogP contribution in [-0.4, -0.2) is 27.5 Å². The van der Waals surface area contributed by atoms with Gasteiger partial charge in [-0.25, -0.2) is 8.42 Å². The van der Waals surface area contributed by atoms with Gasteiger partial charge in [0.1, 0.15) is 18.9 Å². The molecule has 0 fully saturated rings. The molecule has 1 amide bonds. The number of hydrogen-bond donors (Lipinski definition) is 1. The van der Waals surface area contributed by atoms with Gasteiger partial charge in [0, 0.05) is 11.8 Å². The number of nitrogens with zero attached hydrogens (tertiary/aromatic N) is 1. The lowest BCUT2D eigenvalue weighted by atomic mass is 10.3. The van der Waals surface area contributed by atoms with Crippen LogP contribution in [0.4, 0.5) is 11.4 Å². The van der Waals surface area contributed by atoms with E-state index in [0.717, 1.165) is 4.31 Å². The molecule has 0 saturated carbocycles. The van der Waals surface area contributed by atoms with Crippen molar-refractivity contribution in [2.45, 2.75) is 4.90 Å². The number of sulfonamides is 1. The monoisotopic (exact) mass is 456 g/mol. The Morgan fingerprint density at radius 2 is 1.74 bits per heavy atom. The van der Waals surface area contributed by atoms with E-state index >= 15 is 0 Å². The summed E-state index contributed by atoms with van der Waals surface area (Å²) in [5.41, 5.74) is 0.689. The number of benzene rings is 3. The highest BCUT2D eigenvalue weighted by Gasteiger charge is 2.28. The van der Waals surface area contributed by atoms with E-state index in [2.05, 4.69) is 11.9 Å². The maximum Gasteiger partial charge on any atom is 0.264 e. The summed E-state index contributed by atoms with van der Waals surface area (Å²) >= 11 is 6.26. The molecule has 0 aliphatic carbocycles. The molecule has 0 radical (unpaired) electrons. The molecule has 0 aliphatic heterocycles. The van der Waals surface area contributed by atoms with Gasteiger partial charge in [-0.2, -0.15) is 0 Å². The van der Waals surface area contributed by atoms with Crippen molar-refractivity contribution in [3.63, 3.8) is 0 Å². The molecule has 31 heavy (non-hydrogen) atoms. The fraction of sp³-hybridized carbons (Fsp3) is 0.0870. The molecule has 0 aliphatic rings. The fourth-order valence-electron chi connectivity index (χ4n) is 2.82. The summed E-state index contributed by atoms with van der Waals surface area (Å²) in [6.45, 7) is 3.46. The fourth-order valence-corrected chi connectivity index (χ4v) is 4.57. The Hall–Kier alpha value is -3.29. The van der Waals surface area contributed by atoms with Crippen LogP contribution in [0, 0.1) is 0 Å². The van der Waals surface area contributed by atoms with Crippen LogP contribution in [0.5, 0.6) is 5.75 Å². The van der Waals surface area contributed by atoms with Crippen LogP contribution in [0.1, 0.15) is 0 Å². The highest BCUT2D eigenvalue weighted by Crippen LogP contribution is 2.30. The number of anilines is 2. The standard InChI is InChI=1S/C23H21ClN2O4S/c1-2-15-30-19-10-8-9-18(16-19)25-23(27)17-26(22-14-7-6-13-21(22)24)31(28,29)20-11-4-3-5-12-20/h2-14,16H,1,15,17H2,(H,25,27). The molecule has 0 unspecified atom stereocenters. The lowest BCUT2D eigenvalue weighted by Gasteiger charge is -2.25. The van der Waals surface area contributed by atoms with Gasteiger partial charge < -0.3 is 10.1 Å². The third-order valence-electron chi connectivity index (χ3n) is 4.23. The Bertz CT molecular complexity index is 1170. The average Bonchev–Trinajstić information content (AvgIpc) is 2.77. The summed E-state index contributed by atoms with van der Waals surface area (Å²) in [7, 11) is -4.03. The van der Waals surface area contributed by atoms with E-state index in [1.54, 1.807) is 72.8 Å². The van der Waals surface area contributed by atoms with Gasteiger partial charge in [0.15, 0.2) is 0 Å². The van der Waals surface area contributed by atoms with Gasteiger partial charge in [-0.3, -0.25) is 9.10 Å². The zero-order valence-corrected chi connectivity index (χ0v) is 18.1. The first-order chi connectivity index (χ1) is 14.9. The number of para-hydroxylation sites is 1. The third-order valence-corrected chi connectivity index (χ3v) is 6.32. The number of ether oxygens (including phenoxy) is 1. The van der Waals surface area contributed by atoms with Crippen LogP contribution >= 0.6 is 11.6 Å². The van der Waals surface area contributed by atoms with Crippen LogP contribution < -0.4 is 14.4 Å². The molecular formula is C23H21ClN2O4S. The second-order valence-corrected chi connectivity index (χ2v) is 8.72. The predicted molar refractivity (Wildman–Crippen MR) is 123 cm³/mol. The van der Waals surface area contributed by atoms with Crippen LogP contribution in [0.15, 0.2) is 96.4 Å². The Labute approximate surface area is 186 Å². The molecule has 0 saturated heterocycles. The van der Waals surface area contributed by atoms with E-state index < -0.39 is 22.5 Å². The van der Waals surface area contributed by atoms with Gasteiger partial charge in [0.25, 0.3) is 10.0 Å². The van der Waals surface area contributed by atoms with E-state index in [1.165, 1.54) is 12.1 Å². The second kappa shape index (κ2) is 10.1. The maximum atomic E-state index is 13.3. The maximum absolute atomic E-state index is 13.3. The third kappa shape index (κ3) is 5.65. The Balaban J connectivity index is 1.88. The minimum Gasteiger partial charge on any atom is -0.489 e. The number of rotatable bonds is 9. The number of halogens is 1. The summed E-state index contributed by atoms with van der Waals surface area (Å²) in [4.78, 5) is 12.9. The molecule has 0 spiro atoms. The Kier molecular flexibility index (Phi) is 7.33. The molecule has 0 atom stereocenters. The smallest absolute Gasteiger partial charge is 0.264 e. The Morgan fingerprint density at radius 3 is 2.45 bits per heavy atom. The van der Waals surface area contributed by atoms with Crippen molar-refractivity contribution in [2.75, 3.05) is 22.8 Å². The van der Waals surface area contributed by atoms with Crippen molar-refractivity contribution in [3.8, 4) is 5.75 Å². The van der Waals surface area contributed by atoms with Crippen LogP contribution in [0.2, 0.25) is 5.02 Å². The predicted octanol–water partition coefficient (Wildman–Crippen LogP) is 4.74. The minimum absolute atomic E-state index is 0.0579. The SMILES string of the molecule is C=CCOc1cccc(NC(=O)CN(c2ccccc2Cl)S(=O)(=O)c2ccccc2)c1. The molecule has 3 rings (SSSR count). The normalized spacial score (nSPS) is 10.9. The first-order valence-electron chi connectivity index (χ1n) is 9.38. The van der Waals surface area contributed by atoms with Gasteiger partial charge in [0.2, 0.25) is 5.91 Å². The summed E-state index contributed by atoms with van der Waals surface area (Å²) in [5.74, 6) is 0.0258. The molecule has 3 aromatic rings. The summed E-state index contributed by atoms with van der Waals surface area (Å²) in [6.07, 6.45) is 1.61. The zero-order valence-electron chi connectivity index (χ0n) is 16.6. The Morgan fingerprint density at radius 1 is 1.03 bits per heavy atom. The van der Waals surface area contributed by atoms with Crippen molar-refractivity contribution in [1.82, 2.24) is 0 Å². The van der Waals surface area contributed by atoms with E-state index in [0.29, 0.717) is 18.0 Å². The van der Waals surface area contributed by atoms with Crippen LogP contribution in [-0.2, 0) is 14.8 Å². The lowest BCUT2D eigenvalue weighted by molar-refractivity contribution is -0.114. The van der Waals surface area contributed by atoms with Crippen LogP contribution in [0.25, 0.3) is 0 Å². The number of carbonyl (C=O) groups is 1. The van der Waals surface area contributed by atoms with Crippen molar-refractivity contribution < 1.29 is 17.9 Å². The van der Waals surface area contributed by atoms with Gasteiger partial charge in [-0.1, -0.05) is 60.7 Å². The average molecular weight is 457 g/mol. The number of carbonyl (C=O) groups excluding carboxylic acids is 1. The van der Waals surface area contributed by atoms with Gasteiger partial charge in [-0.15, -0.1) is 0 Å². The molecule has 3 aromatic carbocycles. The summed E-state index contributed by atoms with van der Waals surface area (Å²) in [6, 6.07) is 21.2. The van der Waals surface area contributed by atoms with E-state index in [4.69, 9.17) is 16.3 Å². The molecule has 8 heteroatoms. The number of nitrogens with one attached hydrogen (secondary N) is 1. The van der Waals surface area contributed by atoms with Crippen molar-refractivity contribution in [1.29, 1.82) is 0 Å². The van der Waals surface area contributed by atoms with Crippen LogP contribution in [0.3, 0.4) is 0 Å². The van der Waals surface area contributed by atoms with Crippen molar-refractivity contribution >= 4 is 38.9 Å². The van der Waals surface area contributed by atoms with Gasteiger partial charge in [-0.05, 0) is 36.4 Å². The molecule has 0 bridgehead atoms. The molecule has 1 N–H and O–H groups in total. The molecular weight excluding hydrogens is 436 g/mol. The molecule has 6 nitrogen and oxygen atoms in total. The first kappa shape index (κ1) is 22.4. The van der Waals surface area contributed by atoms with E-state index in [-0.39, 0.29) is 15.6 Å². The zero-order chi connectivity index (χ0) is 22.3. The summed E-state index contributed by atoms with van der Waals surface area (Å²) < 4.78 is 33.1. The minimum atomic E-state index is -4.03. The highest BCUT2D eigenvalue weighted by atomic mass is 35.5. The summed E-state index contributed by atoms with van der Waals surface area (Å²) in [5, 5.41) is 2.93. The van der Waals surface area contributed by atoms with E-state index in [9.17, 15) is 13.2 Å². The second-order valence-electron chi connectivity index (χ2n) is 6.45. The number of amides is 1. The largest absolute Gasteiger partial charge is 0.489 e. The van der Waals surface area contributed by atoms with E-state index in [1.807, 2.05) is 0 Å². The topological polar surface area (TPSA) is 75.7 Å². The highest BCUT2D eigenvalue weighted by molar-refractivity contribution is 7.92. The van der Waals surface area contributed by atoms with Crippen molar-refractivity contribution in [2.24, 2.45) is 0 Å².